The molecule has 2 amide bonds. The van der Waals surface area contributed by atoms with Crippen molar-refractivity contribution in [3.05, 3.63) is 53.3 Å². The third kappa shape index (κ3) is 4.84. The lowest BCUT2D eigenvalue weighted by Gasteiger charge is -2.50. The summed E-state index contributed by atoms with van der Waals surface area (Å²) >= 11 is 0. The number of rotatable bonds is 4. The number of hydrogen-bond acceptors (Lipinski definition) is 5. The van der Waals surface area contributed by atoms with E-state index in [1.807, 2.05) is 51.1 Å². The second kappa shape index (κ2) is 9.57. The highest BCUT2D eigenvalue weighted by molar-refractivity contribution is 5.94. The van der Waals surface area contributed by atoms with Crippen molar-refractivity contribution in [3.63, 3.8) is 0 Å². The Bertz CT molecular complexity index is 1460. The van der Waals surface area contributed by atoms with E-state index in [9.17, 15) is 27.9 Å². The van der Waals surface area contributed by atoms with E-state index < -0.39 is 42.0 Å². The highest BCUT2D eigenvalue weighted by Gasteiger charge is 2.63. The number of alkyl halides is 3. The molecule has 40 heavy (non-hydrogen) atoms. The molecule has 0 atom stereocenters. The van der Waals surface area contributed by atoms with Crippen LogP contribution in [0.4, 0.5) is 13.2 Å². The number of nitrogens with zero attached hydrogens (tertiary/aromatic N) is 5. The Morgan fingerprint density at radius 1 is 1.10 bits per heavy atom. The SMILES string of the molecule is Cc1ccc(-c2cc(C(C)C)c3nc(C(=O)N4CCN(C(=O)[C@H]5C[C@@](O)(C(F)(F)F)C5)CC4(C)C)cn3n2)cc1. The fraction of sp³-hybridized carbons (Fsp3) is 0.517. The molecule has 1 aliphatic heterocycles. The number of fused-ring (bicyclic) bond motifs is 1. The van der Waals surface area contributed by atoms with E-state index in [1.54, 1.807) is 15.6 Å². The van der Waals surface area contributed by atoms with Gasteiger partial charge in [-0.25, -0.2) is 9.50 Å². The average molecular weight is 558 g/mol. The summed E-state index contributed by atoms with van der Waals surface area (Å²) in [6.45, 7) is 10.3. The maximum absolute atomic E-state index is 13.7. The van der Waals surface area contributed by atoms with Crippen molar-refractivity contribution in [2.75, 3.05) is 19.6 Å². The van der Waals surface area contributed by atoms with Gasteiger partial charge in [-0.15, -0.1) is 0 Å². The molecule has 3 heterocycles. The van der Waals surface area contributed by atoms with Crippen molar-refractivity contribution >= 4 is 17.5 Å². The van der Waals surface area contributed by atoms with Crippen molar-refractivity contribution in [3.8, 4) is 11.3 Å². The summed E-state index contributed by atoms with van der Waals surface area (Å²) in [6.07, 6.45) is -4.40. The number of carbonyl (C=O) groups excluding carboxylic acids is 2. The molecule has 1 N–H and O–H groups in total. The Morgan fingerprint density at radius 2 is 1.75 bits per heavy atom. The predicted octanol–water partition coefficient (Wildman–Crippen LogP) is 4.59. The summed E-state index contributed by atoms with van der Waals surface area (Å²) in [5, 5.41) is 14.5. The third-order valence-electron chi connectivity index (χ3n) is 8.15. The lowest BCUT2D eigenvalue weighted by Crippen LogP contribution is -2.65. The molecule has 5 rings (SSSR count). The minimum Gasteiger partial charge on any atom is -0.380 e. The van der Waals surface area contributed by atoms with Gasteiger partial charge < -0.3 is 14.9 Å². The molecule has 214 valence electrons. The molecule has 1 aliphatic carbocycles. The molecule has 0 unspecified atom stereocenters. The van der Waals surface area contributed by atoms with E-state index in [1.165, 1.54) is 4.90 Å². The number of halogens is 3. The fourth-order valence-corrected chi connectivity index (χ4v) is 5.67. The second-order valence-corrected chi connectivity index (χ2v) is 12.1. The summed E-state index contributed by atoms with van der Waals surface area (Å²) in [5.74, 6) is -1.47. The highest BCUT2D eigenvalue weighted by atomic mass is 19.4. The zero-order valence-corrected chi connectivity index (χ0v) is 23.3. The number of aliphatic hydroxyl groups is 1. The molecule has 2 aliphatic rings. The lowest BCUT2D eigenvalue weighted by atomic mass is 9.69. The number of aryl methyl sites for hydroxylation is 1. The van der Waals surface area contributed by atoms with E-state index in [0.717, 1.165) is 22.4 Å². The largest absolute Gasteiger partial charge is 0.417 e. The maximum atomic E-state index is 13.7. The van der Waals surface area contributed by atoms with Gasteiger partial charge in [-0.3, -0.25) is 9.59 Å². The van der Waals surface area contributed by atoms with E-state index in [-0.39, 0.29) is 37.2 Å². The minimum atomic E-state index is -4.76. The quantitative estimate of drug-likeness (QED) is 0.507. The molecule has 2 fully saturated rings. The third-order valence-corrected chi connectivity index (χ3v) is 8.15. The van der Waals surface area contributed by atoms with Gasteiger partial charge in [-0.1, -0.05) is 43.7 Å². The Morgan fingerprint density at radius 3 is 2.33 bits per heavy atom. The van der Waals surface area contributed by atoms with Crippen LogP contribution >= 0.6 is 0 Å². The van der Waals surface area contributed by atoms with E-state index in [0.29, 0.717) is 5.65 Å². The lowest BCUT2D eigenvalue weighted by molar-refractivity contribution is -0.297. The standard InChI is InChI=1S/C29H34F3N5O3/c1-17(2)21-12-22(19-8-6-18(3)7-9-19)34-37-15-23(33-24(21)37)26(39)36-11-10-35(16-27(36,4)5)25(38)20-13-28(40,14-20)29(30,31)32/h6-9,12,15,17,20,40H,10-11,13-14,16H2,1-5H3/t20-,28-. The topological polar surface area (TPSA) is 91.0 Å². The molecule has 1 aromatic carbocycles. The highest BCUT2D eigenvalue weighted by Crippen LogP contribution is 2.49. The number of benzene rings is 1. The van der Waals surface area contributed by atoms with E-state index in [4.69, 9.17) is 5.10 Å². The van der Waals surface area contributed by atoms with Gasteiger partial charge in [0.2, 0.25) is 5.91 Å². The molecule has 0 radical (unpaired) electrons. The van der Waals surface area contributed by atoms with Crippen LogP contribution in [0.3, 0.4) is 0 Å². The summed E-state index contributed by atoms with van der Waals surface area (Å²) in [4.78, 5) is 34.4. The number of aromatic nitrogens is 3. The molecule has 2 aromatic heterocycles. The number of imidazole rings is 1. The first-order valence-electron chi connectivity index (χ1n) is 13.5. The van der Waals surface area contributed by atoms with Crippen LogP contribution in [0.15, 0.2) is 36.5 Å². The molecular weight excluding hydrogens is 523 g/mol. The van der Waals surface area contributed by atoms with Crippen LogP contribution in [0.1, 0.15) is 68.1 Å². The average Bonchev–Trinajstić information content (AvgIpc) is 3.28. The van der Waals surface area contributed by atoms with Gasteiger partial charge in [0.1, 0.15) is 5.69 Å². The van der Waals surface area contributed by atoms with Gasteiger partial charge in [0, 0.05) is 36.7 Å². The van der Waals surface area contributed by atoms with Crippen molar-refractivity contribution in [2.45, 2.75) is 70.7 Å². The van der Waals surface area contributed by atoms with Gasteiger partial charge in [0.15, 0.2) is 11.2 Å². The van der Waals surface area contributed by atoms with Gasteiger partial charge in [-0.05, 0) is 45.6 Å². The van der Waals surface area contributed by atoms with Crippen molar-refractivity contribution in [2.24, 2.45) is 5.92 Å². The first-order valence-corrected chi connectivity index (χ1v) is 13.5. The molecule has 8 nitrogen and oxygen atoms in total. The zero-order chi connectivity index (χ0) is 29.2. The fourth-order valence-electron chi connectivity index (χ4n) is 5.67. The van der Waals surface area contributed by atoms with Gasteiger partial charge in [0.25, 0.3) is 5.91 Å². The Hall–Kier alpha value is -3.47. The summed E-state index contributed by atoms with van der Waals surface area (Å²) in [7, 11) is 0. The van der Waals surface area contributed by atoms with Crippen LogP contribution in [0.2, 0.25) is 0 Å². The number of amides is 2. The smallest absolute Gasteiger partial charge is 0.380 e. The Kier molecular flexibility index (Phi) is 6.72. The molecule has 11 heteroatoms. The number of piperazine rings is 1. The van der Waals surface area contributed by atoms with E-state index >= 15 is 0 Å². The molecule has 1 saturated heterocycles. The van der Waals surface area contributed by atoms with Crippen molar-refractivity contribution in [1.29, 1.82) is 0 Å². The first-order chi connectivity index (χ1) is 18.6. The first kappa shape index (κ1) is 28.1. The van der Waals surface area contributed by atoms with Gasteiger partial charge >= 0.3 is 6.18 Å². The normalized spacial score (nSPS) is 23.0. The number of carbonyl (C=O) groups is 2. The second-order valence-electron chi connectivity index (χ2n) is 12.1. The molecule has 1 saturated carbocycles. The molecule has 3 aromatic rings. The van der Waals surface area contributed by atoms with Crippen LogP contribution in [-0.2, 0) is 4.79 Å². The van der Waals surface area contributed by atoms with Gasteiger partial charge in [0.05, 0.1) is 17.4 Å². The Labute approximate surface area is 230 Å². The Balaban J connectivity index is 1.35. The summed E-state index contributed by atoms with van der Waals surface area (Å²) in [6, 6.07) is 10.1. The van der Waals surface area contributed by atoms with Crippen LogP contribution in [-0.4, -0.2) is 78.3 Å². The zero-order valence-electron chi connectivity index (χ0n) is 23.3. The van der Waals surface area contributed by atoms with Crippen molar-refractivity contribution < 1.29 is 27.9 Å². The van der Waals surface area contributed by atoms with Crippen LogP contribution in [0.5, 0.6) is 0 Å². The molecule has 0 spiro atoms. The summed E-state index contributed by atoms with van der Waals surface area (Å²) < 4.78 is 40.7. The molecular formula is C29H34F3N5O3. The summed E-state index contributed by atoms with van der Waals surface area (Å²) in [5.41, 5.74) is 1.08. The predicted molar refractivity (Wildman–Crippen MR) is 143 cm³/mol. The van der Waals surface area contributed by atoms with Crippen LogP contribution in [0, 0.1) is 12.8 Å². The maximum Gasteiger partial charge on any atom is 0.417 e. The van der Waals surface area contributed by atoms with Gasteiger partial charge in [-0.2, -0.15) is 18.3 Å². The number of hydrogen-bond donors (Lipinski definition) is 1. The monoisotopic (exact) mass is 557 g/mol. The van der Waals surface area contributed by atoms with E-state index in [2.05, 4.69) is 18.8 Å². The minimum absolute atomic E-state index is 0.132. The van der Waals surface area contributed by atoms with Crippen LogP contribution in [0.25, 0.3) is 16.9 Å². The van der Waals surface area contributed by atoms with Crippen molar-refractivity contribution in [1.82, 2.24) is 24.4 Å². The van der Waals surface area contributed by atoms with Crippen LogP contribution < -0.4 is 0 Å². The molecule has 0 bridgehead atoms.